The maximum absolute atomic E-state index is 12.7. The molecule has 0 amide bonds. The number of methoxy groups -OCH3 is 1. The van der Waals surface area contributed by atoms with E-state index < -0.39 is 6.67 Å². The topological polar surface area (TPSA) is 38.3 Å². The summed E-state index contributed by atoms with van der Waals surface area (Å²) < 4.78 is 17.7. The minimum Gasteiger partial charge on any atom is -0.469 e. The molecule has 4 unspecified atom stereocenters. The number of esters is 1. The monoisotopic (exact) mass is 303 g/mol. The van der Waals surface area contributed by atoms with Gasteiger partial charge in [0.2, 0.25) is 0 Å². The zero-order valence-electron chi connectivity index (χ0n) is 12.8. The number of hydrogen-bond donors (Lipinski definition) is 1. The van der Waals surface area contributed by atoms with Gasteiger partial charge in [0.05, 0.1) is 13.0 Å². The fourth-order valence-electron chi connectivity index (χ4n) is 3.90. The number of nitrogens with one attached hydrogen (secondary N) is 1. The number of alkyl halides is 1. The zero-order chi connectivity index (χ0) is 15.7. The predicted molar refractivity (Wildman–Crippen MR) is 84.3 cm³/mol. The van der Waals surface area contributed by atoms with Gasteiger partial charge in [-0.05, 0) is 36.0 Å². The van der Waals surface area contributed by atoms with Gasteiger partial charge in [0, 0.05) is 18.0 Å². The molecule has 0 saturated carbocycles. The number of hydrogen-bond acceptors (Lipinski definition) is 3. The van der Waals surface area contributed by atoms with Crippen LogP contribution in [0.5, 0.6) is 0 Å². The van der Waals surface area contributed by atoms with Gasteiger partial charge in [0.15, 0.2) is 0 Å². The second kappa shape index (κ2) is 6.21. The molecule has 1 N–H and O–H groups in total. The van der Waals surface area contributed by atoms with Crippen molar-refractivity contribution < 1.29 is 13.9 Å². The molecule has 4 atom stereocenters. The fourth-order valence-corrected chi connectivity index (χ4v) is 3.90. The molecular formula is C18H22FNO2. The molecule has 2 bridgehead atoms. The summed E-state index contributed by atoms with van der Waals surface area (Å²) in [6.45, 7) is 3.18. The maximum atomic E-state index is 12.7. The molecule has 1 aromatic rings. The summed E-state index contributed by atoms with van der Waals surface area (Å²) in [7, 11) is 1.45. The predicted octanol–water partition coefficient (Wildman–Crippen LogP) is 3.07. The number of carbonyl (C=O) groups is 1. The SMILES string of the molecule is C=C(CF)c1ccc(C2CC3CCC(N3)C2C(=O)OC)cc1. The van der Waals surface area contributed by atoms with Crippen LogP contribution < -0.4 is 5.32 Å². The van der Waals surface area contributed by atoms with Gasteiger partial charge < -0.3 is 10.1 Å². The van der Waals surface area contributed by atoms with Crippen LogP contribution in [0.25, 0.3) is 5.57 Å². The summed E-state index contributed by atoms with van der Waals surface area (Å²) in [5.74, 6) is -0.113. The average molecular weight is 303 g/mol. The van der Waals surface area contributed by atoms with E-state index in [1.807, 2.05) is 24.3 Å². The van der Waals surface area contributed by atoms with Crippen molar-refractivity contribution in [2.75, 3.05) is 13.8 Å². The lowest BCUT2D eigenvalue weighted by Crippen LogP contribution is -2.48. The zero-order valence-corrected chi connectivity index (χ0v) is 12.8. The lowest BCUT2D eigenvalue weighted by molar-refractivity contribution is -0.148. The van der Waals surface area contributed by atoms with E-state index in [1.54, 1.807) is 0 Å². The molecule has 3 nitrogen and oxygen atoms in total. The van der Waals surface area contributed by atoms with Gasteiger partial charge in [-0.25, -0.2) is 4.39 Å². The number of allylic oxidation sites excluding steroid dienone is 1. The Labute approximate surface area is 130 Å². The van der Waals surface area contributed by atoms with E-state index in [-0.39, 0.29) is 23.8 Å². The highest BCUT2D eigenvalue weighted by atomic mass is 19.1. The van der Waals surface area contributed by atoms with Crippen molar-refractivity contribution in [1.82, 2.24) is 5.32 Å². The van der Waals surface area contributed by atoms with Gasteiger partial charge in [-0.1, -0.05) is 30.8 Å². The minimum absolute atomic E-state index is 0.139. The normalized spacial score (nSPS) is 30.1. The van der Waals surface area contributed by atoms with Crippen LogP contribution in [0.3, 0.4) is 0 Å². The van der Waals surface area contributed by atoms with Crippen molar-refractivity contribution in [3.05, 3.63) is 42.0 Å². The van der Waals surface area contributed by atoms with E-state index in [1.165, 1.54) is 7.11 Å². The van der Waals surface area contributed by atoms with Crippen LogP contribution in [0.1, 0.15) is 36.3 Å². The summed E-state index contributed by atoms with van der Waals surface area (Å²) in [6.07, 6.45) is 3.09. The Kier molecular flexibility index (Phi) is 4.30. The number of benzene rings is 1. The molecule has 2 fully saturated rings. The second-order valence-corrected chi connectivity index (χ2v) is 6.30. The first-order valence-corrected chi connectivity index (χ1v) is 7.82. The van der Waals surface area contributed by atoms with Gasteiger partial charge in [0.25, 0.3) is 0 Å². The molecule has 0 aromatic heterocycles. The van der Waals surface area contributed by atoms with E-state index in [9.17, 15) is 9.18 Å². The van der Waals surface area contributed by atoms with Gasteiger partial charge in [-0.3, -0.25) is 4.79 Å². The number of ether oxygens (including phenoxy) is 1. The Hall–Kier alpha value is -1.68. The van der Waals surface area contributed by atoms with Gasteiger partial charge in [0.1, 0.15) is 6.67 Å². The molecular weight excluding hydrogens is 281 g/mol. The highest BCUT2D eigenvalue weighted by molar-refractivity contribution is 5.75. The fraction of sp³-hybridized carbons (Fsp3) is 0.500. The Balaban J connectivity index is 1.87. The van der Waals surface area contributed by atoms with Crippen LogP contribution in [-0.4, -0.2) is 31.8 Å². The quantitative estimate of drug-likeness (QED) is 0.869. The van der Waals surface area contributed by atoms with Crippen molar-refractivity contribution in [3.63, 3.8) is 0 Å². The van der Waals surface area contributed by atoms with E-state index in [2.05, 4.69) is 11.9 Å². The molecule has 0 radical (unpaired) electrons. The minimum atomic E-state index is -0.540. The molecule has 0 aliphatic carbocycles. The van der Waals surface area contributed by atoms with Gasteiger partial charge >= 0.3 is 5.97 Å². The Morgan fingerprint density at radius 2 is 2.09 bits per heavy atom. The number of fused-ring (bicyclic) bond motifs is 2. The van der Waals surface area contributed by atoms with Gasteiger partial charge in [-0.15, -0.1) is 0 Å². The number of piperidine rings is 1. The first-order chi connectivity index (χ1) is 10.6. The first-order valence-electron chi connectivity index (χ1n) is 7.82. The van der Waals surface area contributed by atoms with Crippen molar-refractivity contribution >= 4 is 11.5 Å². The third-order valence-electron chi connectivity index (χ3n) is 5.06. The summed E-state index contributed by atoms with van der Waals surface area (Å²) >= 11 is 0. The van der Waals surface area contributed by atoms with Crippen molar-refractivity contribution in [2.24, 2.45) is 5.92 Å². The molecule has 2 saturated heterocycles. The van der Waals surface area contributed by atoms with Gasteiger partial charge in [-0.2, -0.15) is 0 Å². The Morgan fingerprint density at radius 1 is 1.36 bits per heavy atom. The smallest absolute Gasteiger partial charge is 0.310 e. The van der Waals surface area contributed by atoms with Crippen LogP contribution in [0.2, 0.25) is 0 Å². The lowest BCUT2D eigenvalue weighted by atomic mass is 9.77. The maximum Gasteiger partial charge on any atom is 0.310 e. The first kappa shape index (κ1) is 15.2. The third kappa shape index (κ3) is 2.68. The van der Waals surface area contributed by atoms with E-state index >= 15 is 0 Å². The summed E-state index contributed by atoms with van der Waals surface area (Å²) in [6, 6.07) is 8.49. The van der Waals surface area contributed by atoms with E-state index in [4.69, 9.17) is 4.74 Å². The van der Waals surface area contributed by atoms with E-state index in [0.29, 0.717) is 11.6 Å². The Bertz CT molecular complexity index is 569. The molecule has 118 valence electrons. The average Bonchev–Trinajstić information content (AvgIpc) is 2.94. The largest absolute Gasteiger partial charge is 0.469 e. The standard InChI is InChI=1S/C18H22FNO2/c1-11(10-19)12-3-5-13(6-4-12)15-9-14-7-8-16(20-14)17(15)18(21)22-2/h3-6,14-17,20H,1,7-10H2,2H3. The molecule has 1 aromatic carbocycles. The van der Waals surface area contributed by atoms with Crippen molar-refractivity contribution in [1.29, 1.82) is 0 Å². The van der Waals surface area contributed by atoms with E-state index in [0.717, 1.165) is 30.4 Å². The molecule has 2 heterocycles. The van der Waals surface area contributed by atoms with Crippen LogP contribution in [0, 0.1) is 5.92 Å². The number of halogens is 1. The summed E-state index contributed by atoms with van der Waals surface area (Å²) in [5.41, 5.74) is 2.43. The second-order valence-electron chi connectivity index (χ2n) is 6.30. The molecule has 3 rings (SSSR count). The Morgan fingerprint density at radius 3 is 2.73 bits per heavy atom. The number of carbonyl (C=O) groups excluding carboxylic acids is 1. The van der Waals surface area contributed by atoms with Crippen molar-refractivity contribution in [3.8, 4) is 0 Å². The molecule has 22 heavy (non-hydrogen) atoms. The number of rotatable bonds is 4. The van der Waals surface area contributed by atoms with Crippen molar-refractivity contribution in [2.45, 2.75) is 37.3 Å². The summed E-state index contributed by atoms with van der Waals surface area (Å²) in [5, 5.41) is 3.53. The van der Waals surface area contributed by atoms with Crippen LogP contribution in [0.15, 0.2) is 30.8 Å². The summed E-state index contributed by atoms with van der Waals surface area (Å²) in [4.78, 5) is 12.2. The molecule has 2 aliphatic rings. The lowest BCUT2D eigenvalue weighted by Gasteiger charge is -2.36. The third-order valence-corrected chi connectivity index (χ3v) is 5.06. The highest BCUT2D eigenvalue weighted by Crippen LogP contribution is 2.42. The molecule has 4 heteroatoms. The molecule has 0 spiro atoms. The highest BCUT2D eigenvalue weighted by Gasteiger charge is 2.46. The van der Waals surface area contributed by atoms with Crippen LogP contribution >= 0.6 is 0 Å². The van der Waals surface area contributed by atoms with Crippen LogP contribution in [-0.2, 0) is 9.53 Å². The molecule has 2 aliphatic heterocycles. The van der Waals surface area contributed by atoms with Crippen LogP contribution in [0.4, 0.5) is 4.39 Å².